The van der Waals surface area contributed by atoms with E-state index < -0.39 is 8.32 Å². The molecular weight excluding hydrogens is 240 g/mol. The Morgan fingerprint density at radius 1 is 1.39 bits per heavy atom. The number of furan rings is 1. The van der Waals surface area contributed by atoms with Crippen LogP contribution in [0.3, 0.4) is 0 Å². The van der Waals surface area contributed by atoms with Crippen LogP contribution in [-0.2, 0) is 10.8 Å². The van der Waals surface area contributed by atoms with Gasteiger partial charge >= 0.3 is 0 Å². The summed E-state index contributed by atoms with van der Waals surface area (Å²) < 4.78 is 11.2. The molecule has 1 aromatic rings. The molecule has 1 atom stereocenters. The largest absolute Gasteiger partial charge is 0.548 e. The molecule has 0 saturated heterocycles. The molecule has 0 aliphatic heterocycles. The quantitative estimate of drug-likeness (QED) is 0.716. The van der Waals surface area contributed by atoms with Crippen molar-refractivity contribution in [1.82, 2.24) is 0 Å². The van der Waals surface area contributed by atoms with Crippen LogP contribution in [0.25, 0.3) is 0 Å². The molecule has 0 spiro atoms. The van der Waals surface area contributed by atoms with Crippen LogP contribution in [0, 0.1) is 5.41 Å². The fourth-order valence-electron chi connectivity index (χ4n) is 2.48. The van der Waals surface area contributed by atoms with Crippen molar-refractivity contribution < 1.29 is 8.84 Å². The van der Waals surface area contributed by atoms with Gasteiger partial charge in [0.2, 0.25) is 8.32 Å². The number of allylic oxidation sites excluding steroid dienone is 2. The summed E-state index contributed by atoms with van der Waals surface area (Å²) in [4.78, 5) is 0. The predicted molar refractivity (Wildman–Crippen MR) is 76.9 cm³/mol. The van der Waals surface area contributed by atoms with Crippen molar-refractivity contribution >= 4 is 8.32 Å². The Kier molecular flexibility index (Phi) is 3.71. The molecule has 0 bridgehead atoms. The Labute approximate surface area is 111 Å². The molecule has 1 aliphatic rings. The topological polar surface area (TPSA) is 22.4 Å². The molecule has 0 radical (unpaired) electrons. The van der Waals surface area contributed by atoms with Gasteiger partial charge in [-0.25, -0.2) is 0 Å². The van der Waals surface area contributed by atoms with Crippen LogP contribution < -0.4 is 0 Å². The maximum atomic E-state index is 6.11. The van der Waals surface area contributed by atoms with Crippen LogP contribution in [-0.4, -0.2) is 8.32 Å². The first-order chi connectivity index (χ1) is 8.36. The van der Waals surface area contributed by atoms with Gasteiger partial charge in [0.05, 0.1) is 18.3 Å². The van der Waals surface area contributed by atoms with Crippen molar-refractivity contribution in [3.05, 3.63) is 36.0 Å². The van der Waals surface area contributed by atoms with E-state index >= 15 is 0 Å². The van der Waals surface area contributed by atoms with Crippen LogP contribution in [0.1, 0.15) is 31.7 Å². The summed E-state index contributed by atoms with van der Waals surface area (Å²) in [5.74, 6) is 1.23. The van der Waals surface area contributed by atoms with Gasteiger partial charge in [0, 0.05) is 6.42 Å². The van der Waals surface area contributed by atoms with Crippen molar-refractivity contribution in [2.75, 3.05) is 0 Å². The molecule has 1 aliphatic carbocycles. The highest BCUT2D eigenvalue weighted by Crippen LogP contribution is 2.40. The number of hydrogen-bond acceptors (Lipinski definition) is 2. The van der Waals surface area contributed by atoms with Crippen LogP contribution in [0.5, 0.6) is 0 Å². The Hall–Kier alpha value is -0.963. The monoisotopic (exact) mass is 264 g/mol. The third-order valence-corrected chi connectivity index (χ3v) is 4.33. The second kappa shape index (κ2) is 4.96. The molecule has 1 aromatic heterocycles. The van der Waals surface area contributed by atoms with Crippen molar-refractivity contribution in [3.63, 3.8) is 0 Å². The van der Waals surface area contributed by atoms with Gasteiger partial charge in [0.1, 0.15) is 0 Å². The van der Waals surface area contributed by atoms with E-state index in [4.69, 9.17) is 8.84 Å². The third kappa shape index (κ3) is 3.77. The SMILES string of the molecule is C[C@@]1(CCc2ccoc2)C=C(O[Si](C)(C)C)CC1. The molecule has 0 aromatic carbocycles. The van der Waals surface area contributed by atoms with E-state index in [9.17, 15) is 0 Å². The molecule has 2 nitrogen and oxygen atoms in total. The second-order valence-corrected chi connectivity index (χ2v) is 11.0. The molecule has 100 valence electrons. The van der Waals surface area contributed by atoms with Gasteiger partial charge in [0.25, 0.3) is 0 Å². The number of aryl methyl sites for hydroxylation is 1. The van der Waals surface area contributed by atoms with Crippen molar-refractivity contribution in [2.24, 2.45) is 5.41 Å². The van der Waals surface area contributed by atoms with Gasteiger partial charge in [-0.05, 0) is 62.0 Å². The minimum absolute atomic E-state index is 0.298. The first-order valence-electron chi connectivity index (χ1n) is 6.78. The zero-order chi connectivity index (χ0) is 13.2. The van der Waals surface area contributed by atoms with Crippen molar-refractivity contribution in [3.8, 4) is 0 Å². The fraction of sp³-hybridized carbons (Fsp3) is 0.600. The summed E-state index contributed by atoms with van der Waals surface area (Å²) in [7, 11) is -1.44. The van der Waals surface area contributed by atoms with E-state index in [-0.39, 0.29) is 0 Å². The highest BCUT2D eigenvalue weighted by molar-refractivity contribution is 6.70. The van der Waals surface area contributed by atoms with Crippen LogP contribution in [0.2, 0.25) is 19.6 Å². The maximum Gasteiger partial charge on any atom is 0.241 e. The first-order valence-corrected chi connectivity index (χ1v) is 10.2. The van der Waals surface area contributed by atoms with E-state index in [1.807, 2.05) is 6.26 Å². The minimum atomic E-state index is -1.44. The average Bonchev–Trinajstić information content (AvgIpc) is 2.84. The first kappa shape index (κ1) is 13.5. The van der Waals surface area contributed by atoms with E-state index in [1.165, 1.54) is 24.2 Å². The molecule has 0 saturated carbocycles. The normalized spacial score (nSPS) is 24.1. The van der Waals surface area contributed by atoms with Gasteiger partial charge in [-0.1, -0.05) is 6.92 Å². The molecule has 1 heterocycles. The minimum Gasteiger partial charge on any atom is -0.548 e. The van der Waals surface area contributed by atoms with Crippen LogP contribution >= 0.6 is 0 Å². The van der Waals surface area contributed by atoms with Gasteiger partial charge < -0.3 is 8.84 Å². The number of rotatable bonds is 5. The Morgan fingerprint density at radius 3 is 2.78 bits per heavy atom. The average molecular weight is 264 g/mol. The summed E-state index contributed by atoms with van der Waals surface area (Å²) in [6.45, 7) is 9.08. The predicted octanol–water partition coefficient (Wildman–Crippen LogP) is 4.75. The van der Waals surface area contributed by atoms with Crippen molar-refractivity contribution in [2.45, 2.75) is 52.2 Å². The van der Waals surface area contributed by atoms with Gasteiger partial charge in [-0.3, -0.25) is 0 Å². The van der Waals surface area contributed by atoms with Crippen LogP contribution in [0.15, 0.2) is 34.8 Å². The fourth-order valence-corrected chi connectivity index (χ4v) is 3.43. The lowest BCUT2D eigenvalue weighted by Crippen LogP contribution is -2.24. The van der Waals surface area contributed by atoms with Gasteiger partial charge in [-0.2, -0.15) is 0 Å². The molecule has 3 heteroatoms. The molecule has 18 heavy (non-hydrogen) atoms. The zero-order valence-electron chi connectivity index (χ0n) is 12.0. The molecule has 0 fully saturated rings. The lowest BCUT2D eigenvalue weighted by Gasteiger charge is -2.21. The molecule has 0 N–H and O–H groups in total. The van der Waals surface area contributed by atoms with Gasteiger partial charge in [-0.15, -0.1) is 0 Å². The standard InChI is InChI=1S/C15H24O2Si/c1-15(8-5-13-7-10-16-12-13)9-6-14(11-15)17-18(2,3)4/h7,10-12H,5-6,8-9H2,1-4H3/t15-/m0/s1. The van der Waals surface area contributed by atoms with Gasteiger partial charge in [0.15, 0.2) is 0 Å². The van der Waals surface area contributed by atoms with E-state index in [2.05, 4.69) is 38.7 Å². The summed E-state index contributed by atoms with van der Waals surface area (Å²) in [5, 5.41) is 0. The lowest BCUT2D eigenvalue weighted by molar-refractivity contribution is 0.378. The highest BCUT2D eigenvalue weighted by Gasteiger charge is 2.30. The van der Waals surface area contributed by atoms with E-state index in [0.29, 0.717) is 5.41 Å². The smallest absolute Gasteiger partial charge is 0.241 e. The van der Waals surface area contributed by atoms with Crippen molar-refractivity contribution in [1.29, 1.82) is 0 Å². The summed E-state index contributed by atoms with van der Waals surface area (Å²) in [6, 6.07) is 2.06. The van der Waals surface area contributed by atoms with Crippen LogP contribution in [0.4, 0.5) is 0 Å². The second-order valence-electron chi connectivity index (χ2n) is 6.61. The zero-order valence-corrected chi connectivity index (χ0v) is 13.0. The van der Waals surface area contributed by atoms with E-state index in [1.54, 1.807) is 6.26 Å². The third-order valence-electron chi connectivity index (χ3n) is 3.45. The summed E-state index contributed by atoms with van der Waals surface area (Å²) >= 11 is 0. The number of hydrogen-bond donors (Lipinski definition) is 0. The molecule has 0 unspecified atom stereocenters. The van der Waals surface area contributed by atoms with E-state index in [0.717, 1.165) is 12.8 Å². The summed E-state index contributed by atoms with van der Waals surface area (Å²) in [6.07, 6.45) is 10.5. The molecular formula is C15H24O2Si. The molecule has 2 rings (SSSR count). The highest BCUT2D eigenvalue weighted by atomic mass is 28.4. The Bertz CT molecular complexity index is 414. The Balaban J connectivity index is 1.92. The summed E-state index contributed by atoms with van der Waals surface area (Å²) in [5.41, 5.74) is 1.59. The maximum absolute atomic E-state index is 6.11. The molecule has 0 amide bonds. The lowest BCUT2D eigenvalue weighted by atomic mass is 9.84. The Morgan fingerprint density at radius 2 is 2.17 bits per heavy atom.